The summed E-state index contributed by atoms with van der Waals surface area (Å²) >= 11 is 0. The van der Waals surface area contributed by atoms with E-state index in [4.69, 9.17) is 11.5 Å². The number of nitrogens with two attached hydrogens (primary N) is 2. The van der Waals surface area contributed by atoms with E-state index in [0.29, 0.717) is 11.4 Å². The average Bonchev–Trinajstić information content (AvgIpc) is 2.40. The van der Waals surface area contributed by atoms with E-state index >= 15 is 0 Å². The van der Waals surface area contributed by atoms with Crippen molar-refractivity contribution in [1.82, 2.24) is 0 Å². The second-order valence-electron chi connectivity index (χ2n) is 5.18. The second kappa shape index (κ2) is 6.38. The van der Waals surface area contributed by atoms with Crippen molar-refractivity contribution in [3.05, 3.63) is 24.3 Å². The Morgan fingerprint density at radius 2 is 1.65 bits per heavy atom. The molecule has 0 radical (unpaired) electrons. The highest BCUT2D eigenvalue weighted by atomic mass is 16.2. The van der Waals surface area contributed by atoms with E-state index in [2.05, 4.69) is 10.6 Å². The minimum Gasteiger partial charge on any atom is -0.351 e. The van der Waals surface area contributed by atoms with Crippen molar-refractivity contribution < 1.29 is 9.59 Å². The fourth-order valence-corrected chi connectivity index (χ4v) is 2.49. The summed E-state index contributed by atoms with van der Waals surface area (Å²) in [4.78, 5) is 22.8. The zero-order chi connectivity index (χ0) is 14.5. The molecule has 1 aliphatic carbocycles. The fraction of sp³-hybridized carbons (Fsp3) is 0.429. The van der Waals surface area contributed by atoms with Gasteiger partial charge in [-0.1, -0.05) is 6.42 Å². The number of urea groups is 1. The zero-order valence-electron chi connectivity index (χ0n) is 11.3. The van der Waals surface area contributed by atoms with Crippen molar-refractivity contribution in [3.8, 4) is 0 Å². The smallest absolute Gasteiger partial charge is 0.316 e. The number of benzene rings is 1. The Hall–Kier alpha value is -2.08. The van der Waals surface area contributed by atoms with Gasteiger partial charge in [-0.05, 0) is 43.5 Å². The lowest BCUT2D eigenvalue weighted by atomic mass is 9.85. The van der Waals surface area contributed by atoms with Crippen LogP contribution in [0.3, 0.4) is 0 Å². The number of hydrogen-bond donors (Lipinski definition) is 4. The number of primary amides is 1. The van der Waals surface area contributed by atoms with Gasteiger partial charge in [-0.15, -0.1) is 0 Å². The standard InChI is InChI=1S/C14H20N4O2/c15-10-3-1-2-9(8-10)13(19)17-11-4-6-12(7-5-11)18-14(16)20/h4-7,9-10H,1-3,8,15H2,(H,17,19)(H3,16,18,20). The fourth-order valence-electron chi connectivity index (χ4n) is 2.49. The first-order valence-electron chi connectivity index (χ1n) is 6.77. The molecule has 1 fully saturated rings. The molecule has 6 N–H and O–H groups in total. The summed E-state index contributed by atoms with van der Waals surface area (Å²) in [6.45, 7) is 0. The van der Waals surface area contributed by atoms with Gasteiger partial charge in [-0.2, -0.15) is 0 Å². The predicted molar refractivity (Wildman–Crippen MR) is 78.2 cm³/mol. The maximum Gasteiger partial charge on any atom is 0.316 e. The van der Waals surface area contributed by atoms with Crippen LogP contribution in [-0.2, 0) is 4.79 Å². The normalized spacial score (nSPS) is 22.1. The summed E-state index contributed by atoms with van der Waals surface area (Å²) in [5, 5.41) is 5.34. The molecule has 2 unspecified atom stereocenters. The van der Waals surface area contributed by atoms with Gasteiger partial charge >= 0.3 is 6.03 Å². The number of rotatable bonds is 3. The van der Waals surface area contributed by atoms with Gasteiger partial charge in [0.05, 0.1) is 0 Å². The highest BCUT2D eigenvalue weighted by Crippen LogP contribution is 2.24. The molecule has 2 rings (SSSR count). The summed E-state index contributed by atoms with van der Waals surface area (Å²) < 4.78 is 0. The van der Waals surface area contributed by atoms with Crippen LogP contribution in [0.25, 0.3) is 0 Å². The maximum atomic E-state index is 12.1. The molecule has 20 heavy (non-hydrogen) atoms. The van der Waals surface area contributed by atoms with Gasteiger partial charge in [0.25, 0.3) is 0 Å². The molecular weight excluding hydrogens is 256 g/mol. The number of nitrogens with one attached hydrogen (secondary N) is 2. The Morgan fingerprint density at radius 3 is 2.20 bits per heavy atom. The Bertz CT molecular complexity index is 486. The molecule has 2 atom stereocenters. The Kier molecular flexibility index (Phi) is 4.57. The van der Waals surface area contributed by atoms with Gasteiger partial charge < -0.3 is 22.1 Å². The van der Waals surface area contributed by atoms with Crippen LogP contribution in [0.5, 0.6) is 0 Å². The summed E-state index contributed by atoms with van der Waals surface area (Å²) in [6, 6.07) is 6.34. The molecule has 1 saturated carbocycles. The average molecular weight is 276 g/mol. The lowest BCUT2D eigenvalue weighted by molar-refractivity contribution is -0.120. The summed E-state index contributed by atoms with van der Waals surface area (Å²) in [7, 11) is 0. The molecule has 0 saturated heterocycles. The Labute approximate surface area is 117 Å². The molecule has 6 nitrogen and oxygen atoms in total. The topological polar surface area (TPSA) is 110 Å². The largest absolute Gasteiger partial charge is 0.351 e. The minimum absolute atomic E-state index is 0.00996. The van der Waals surface area contributed by atoms with E-state index in [-0.39, 0.29) is 17.9 Å². The van der Waals surface area contributed by atoms with Crippen molar-refractivity contribution in [2.24, 2.45) is 17.4 Å². The quantitative estimate of drug-likeness (QED) is 0.673. The molecule has 0 spiro atoms. The van der Waals surface area contributed by atoms with Crippen molar-refractivity contribution in [3.63, 3.8) is 0 Å². The van der Waals surface area contributed by atoms with Crippen molar-refractivity contribution in [2.45, 2.75) is 31.7 Å². The molecular formula is C14H20N4O2. The first-order valence-corrected chi connectivity index (χ1v) is 6.77. The lowest BCUT2D eigenvalue weighted by Gasteiger charge is -2.25. The number of amides is 3. The molecule has 1 aliphatic rings. The van der Waals surface area contributed by atoms with Crippen LogP contribution in [0.2, 0.25) is 0 Å². The van der Waals surface area contributed by atoms with Crippen LogP contribution in [0, 0.1) is 5.92 Å². The monoisotopic (exact) mass is 276 g/mol. The Balaban J connectivity index is 1.92. The van der Waals surface area contributed by atoms with Crippen LogP contribution in [0.1, 0.15) is 25.7 Å². The predicted octanol–water partition coefficient (Wildman–Crippen LogP) is 1.63. The number of anilines is 2. The van der Waals surface area contributed by atoms with Gasteiger partial charge in [-0.3, -0.25) is 4.79 Å². The molecule has 0 heterocycles. The molecule has 0 aliphatic heterocycles. The number of carbonyl (C=O) groups excluding carboxylic acids is 2. The Morgan fingerprint density at radius 1 is 1.05 bits per heavy atom. The van der Waals surface area contributed by atoms with Gasteiger partial charge in [0, 0.05) is 23.3 Å². The molecule has 3 amide bonds. The van der Waals surface area contributed by atoms with E-state index in [1.54, 1.807) is 24.3 Å². The minimum atomic E-state index is -0.613. The molecule has 1 aromatic rings. The van der Waals surface area contributed by atoms with Crippen molar-refractivity contribution in [2.75, 3.05) is 10.6 Å². The summed E-state index contributed by atoms with van der Waals surface area (Å²) in [6.07, 6.45) is 3.63. The number of hydrogen-bond acceptors (Lipinski definition) is 3. The van der Waals surface area contributed by atoms with Crippen LogP contribution in [-0.4, -0.2) is 18.0 Å². The zero-order valence-corrected chi connectivity index (χ0v) is 11.3. The molecule has 0 aromatic heterocycles. The van der Waals surface area contributed by atoms with Crippen LogP contribution >= 0.6 is 0 Å². The summed E-state index contributed by atoms with van der Waals surface area (Å²) in [5.74, 6) is -0.00192. The van der Waals surface area contributed by atoms with E-state index < -0.39 is 6.03 Å². The van der Waals surface area contributed by atoms with Gasteiger partial charge in [0.15, 0.2) is 0 Å². The highest BCUT2D eigenvalue weighted by Gasteiger charge is 2.25. The molecule has 0 bridgehead atoms. The van der Waals surface area contributed by atoms with E-state index in [1.807, 2.05) is 0 Å². The van der Waals surface area contributed by atoms with E-state index in [0.717, 1.165) is 25.7 Å². The van der Waals surface area contributed by atoms with Crippen LogP contribution in [0.4, 0.5) is 16.2 Å². The van der Waals surface area contributed by atoms with Gasteiger partial charge in [0.1, 0.15) is 0 Å². The third-order valence-electron chi connectivity index (χ3n) is 3.51. The first kappa shape index (κ1) is 14.3. The highest BCUT2D eigenvalue weighted by molar-refractivity contribution is 5.93. The van der Waals surface area contributed by atoms with Crippen LogP contribution < -0.4 is 22.1 Å². The lowest BCUT2D eigenvalue weighted by Crippen LogP contribution is -2.34. The molecule has 1 aromatic carbocycles. The molecule has 6 heteroatoms. The second-order valence-corrected chi connectivity index (χ2v) is 5.18. The SMILES string of the molecule is NC(=O)Nc1ccc(NC(=O)C2CCCC(N)C2)cc1. The maximum absolute atomic E-state index is 12.1. The van der Waals surface area contributed by atoms with Crippen molar-refractivity contribution >= 4 is 23.3 Å². The molecule has 108 valence electrons. The van der Waals surface area contributed by atoms with Crippen LogP contribution in [0.15, 0.2) is 24.3 Å². The van der Waals surface area contributed by atoms with Gasteiger partial charge in [0.2, 0.25) is 5.91 Å². The first-order chi connectivity index (χ1) is 9.54. The van der Waals surface area contributed by atoms with Gasteiger partial charge in [-0.25, -0.2) is 4.79 Å². The summed E-state index contributed by atoms with van der Waals surface area (Å²) in [5.41, 5.74) is 12.2. The van der Waals surface area contributed by atoms with E-state index in [9.17, 15) is 9.59 Å². The number of carbonyl (C=O) groups is 2. The van der Waals surface area contributed by atoms with Crippen molar-refractivity contribution in [1.29, 1.82) is 0 Å². The third kappa shape index (κ3) is 3.96. The third-order valence-corrected chi connectivity index (χ3v) is 3.51. The van der Waals surface area contributed by atoms with E-state index in [1.165, 1.54) is 0 Å².